The Morgan fingerprint density at radius 3 is 1.91 bits per heavy atom. The fourth-order valence-corrected chi connectivity index (χ4v) is 5.42. The highest BCUT2D eigenvalue weighted by Gasteiger charge is 2.18. The summed E-state index contributed by atoms with van der Waals surface area (Å²) in [6.45, 7) is 2.94. The standard InChI is InChI=1S/C18H20Br2OSi/c1-2-15(13-18(19)20)14-21-22(16-9-5-3-6-10-16)17-11-7-4-8-12-17/h3-13,15,22H,2,14H2,1H3. The molecule has 0 N–H and O–H groups in total. The molecule has 0 amide bonds. The van der Waals surface area contributed by atoms with E-state index in [0.29, 0.717) is 5.92 Å². The summed E-state index contributed by atoms with van der Waals surface area (Å²) in [6.07, 6.45) is 3.23. The fourth-order valence-electron chi connectivity index (χ4n) is 2.32. The third kappa shape index (κ3) is 5.50. The van der Waals surface area contributed by atoms with Crippen LogP contribution in [0, 0.1) is 5.92 Å². The predicted octanol–water partition coefficient (Wildman–Crippen LogP) is 4.20. The lowest BCUT2D eigenvalue weighted by Crippen LogP contribution is -2.45. The molecule has 2 rings (SSSR count). The SMILES string of the molecule is CCC(C=C(Br)Br)CO[SiH](c1ccccc1)c1ccccc1. The van der Waals surface area contributed by atoms with Gasteiger partial charge >= 0.3 is 0 Å². The van der Waals surface area contributed by atoms with Crippen LogP contribution in [0.15, 0.2) is 70.1 Å². The molecule has 0 saturated carbocycles. The van der Waals surface area contributed by atoms with Crippen molar-refractivity contribution in [2.24, 2.45) is 5.92 Å². The quantitative estimate of drug-likeness (QED) is 0.587. The van der Waals surface area contributed by atoms with Crippen molar-refractivity contribution in [3.63, 3.8) is 0 Å². The Labute approximate surface area is 151 Å². The highest BCUT2D eigenvalue weighted by atomic mass is 79.9. The van der Waals surface area contributed by atoms with Gasteiger partial charge in [0, 0.05) is 12.5 Å². The first kappa shape index (κ1) is 17.7. The van der Waals surface area contributed by atoms with Gasteiger partial charge < -0.3 is 4.43 Å². The van der Waals surface area contributed by atoms with Crippen molar-refractivity contribution >= 4 is 51.3 Å². The van der Waals surface area contributed by atoms with Gasteiger partial charge in [0.25, 0.3) is 0 Å². The molecular weight excluding hydrogens is 420 g/mol. The molecule has 2 aromatic rings. The highest BCUT2D eigenvalue weighted by molar-refractivity contribution is 9.28. The molecule has 1 unspecified atom stereocenters. The van der Waals surface area contributed by atoms with E-state index in [2.05, 4.69) is 106 Å². The first-order valence-electron chi connectivity index (χ1n) is 7.45. The predicted molar refractivity (Wildman–Crippen MR) is 105 cm³/mol. The van der Waals surface area contributed by atoms with Gasteiger partial charge in [0.05, 0.1) is 3.39 Å². The molecule has 0 aliphatic heterocycles. The molecule has 0 aliphatic carbocycles. The van der Waals surface area contributed by atoms with E-state index in [1.807, 2.05) is 0 Å². The summed E-state index contributed by atoms with van der Waals surface area (Å²) in [4.78, 5) is 0. The fraction of sp³-hybridized carbons (Fsp3) is 0.222. The van der Waals surface area contributed by atoms with E-state index in [4.69, 9.17) is 4.43 Å². The first-order chi connectivity index (χ1) is 10.7. The summed E-state index contributed by atoms with van der Waals surface area (Å²) >= 11 is 6.89. The van der Waals surface area contributed by atoms with Gasteiger partial charge in [-0.1, -0.05) is 73.7 Å². The van der Waals surface area contributed by atoms with Crippen molar-refractivity contribution in [1.82, 2.24) is 0 Å². The Balaban J connectivity index is 2.17. The minimum absolute atomic E-state index is 0.413. The van der Waals surface area contributed by atoms with E-state index in [1.54, 1.807) is 0 Å². The zero-order valence-electron chi connectivity index (χ0n) is 12.6. The maximum Gasteiger partial charge on any atom is 0.239 e. The molecule has 0 aromatic heterocycles. The summed E-state index contributed by atoms with van der Waals surface area (Å²) in [7, 11) is -1.63. The maximum absolute atomic E-state index is 6.42. The van der Waals surface area contributed by atoms with E-state index in [0.717, 1.165) is 16.4 Å². The Bertz CT molecular complexity index is 543. The number of hydrogen-bond acceptors (Lipinski definition) is 1. The Morgan fingerprint density at radius 2 is 1.50 bits per heavy atom. The average molecular weight is 440 g/mol. The Kier molecular flexibility index (Phi) is 7.59. The summed E-state index contributed by atoms with van der Waals surface area (Å²) in [6, 6.07) is 21.2. The average Bonchev–Trinajstić information content (AvgIpc) is 2.55. The molecule has 0 fully saturated rings. The van der Waals surface area contributed by atoms with Crippen molar-refractivity contribution < 1.29 is 4.43 Å². The van der Waals surface area contributed by atoms with Crippen molar-refractivity contribution in [3.05, 3.63) is 70.1 Å². The van der Waals surface area contributed by atoms with Crippen LogP contribution in [0.4, 0.5) is 0 Å². The lowest BCUT2D eigenvalue weighted by atomic mass is 10.1. The Morgan fingerprint density at radius 1 is 1.00 bits per heavy atom. The molecule has 0 radical (unpaired) electrons. The minimum Gasteiger partial charge on any atom is -0.410 e. The van der Waals surface area contributed by atoms with Crippen LogP contribution in [-0.4, -0.2) is 15.6 Å². The largest absolute Gasteiger partial charge is 0.410 e. The molecule has 1 nitrogen and oxygen atoms in total. The molecule has 0 spiro atoms. The molecule has 0 heterocycles. The molecule has 116 valence electrons. The van der Waals surface area contributed by atoms with E-state index < -0.39 is 9.04 Å². The van der Waals surface area contributed by atoms with Crippen LogP contribution in [0.1, 0.15) is 13.3 Å². The zero-order valence-corrected chi connectivity index (χ0v) is 16.9. The van der Waals surface area contributed by atoms with E-state index >= 15 is 0 Å². The molecule has 0 bridgehead atoms. The second-order valence-electron chi connectivity index (χ2n) is 5.16. The molecule has 1 atom stereocenters. The lowest BCUT2D eigenvalue weighted by Gasteiger charge is -2.20. The third-order valence-electron chi connectivity index (χ3n) is 3.57. The van der Waals surface area contributed by atoms with Crippen LogP contribution >= 0.6 is 31.9 Å². The van der Waals surface area contributed by atoms with Crippen LogP contribution in [0.2, 0.25) is 0 Å². The molecule has 0 saturated heterocycles. The molecule has 4 heteroatoms. The van der Waals surface area contributed by atoms with E-state index in [9.17, 15) is 0 Å². The highest BCUT2D eigenvalue weighted by Crippen LogP contribution is 2.18. The van der Waals surface area contributed by atoms with Gasteiger partial charge in [-0.3, -0.25) is 0 Å². The van der Waals surface area contributed by atoms with Gasteiger partial charge in [-0.05, 0) is 48.7 Å². The number of hydrogen-bond donors (Lipinski definition) is 0. The number of benzene rings is 2. The molecule has 22 heavy (non-hydrogen) atoms. The van der Waals surface area contributed by atoms with Crippen LogP contribution in [0.3, 0.4) is 0 Å². The van der Waals surface area contributed by atoms with Crippen LogP contribution < -0.4 is 10.4 Å². The third-order valence-corrected chi connectivity index (χ3v) is 6.60. The van der Waals surface area contributed by atoms with Crippen LogP contribution in [-0.2, 0) is 4.43 Å². The van der Waals surface area contributed by atoms with Crippen molar-refractivity contribution in [3.8, 4) is 0 Å². The molecule has 0 aliphatic rings. The van der Waals surface area contributed by atoms with Crippen LogP contribution in [0.25, 0.3) is 0 Å². The second-order valence-corrected chi connectivity index (χ2v) is 10.4. The van der Waals surface area contributed by atoms with E-state index in [-0.39, 0.29) is 0 Å². The van der Waals surface area contributed by atoms with Gasteiger partial charge in [0.15, 0.2) is 0 Å². The van der Waals surface area contributed by atoms with Gasteiger partial charge in [0.1, 0.15) is 0 Å². The van der Waals surface area contributed by atoms with Gasteiger partial charge in [0.2, 0.25) is 9.04 Å². The van der Waals surface area contributed by atoms with Gasteiger partial charge in [-0.15, -0.1) is 0 Å². The van der Waals surface area contributed by atoms with Gasteiger partial charge in [-0.2, -0.15) is 0 Å². The molecule has 2 aromatic carbocycles. The minimum atomic E-state index is -1.63. The maximum atomic E-state index is 6.42. The van der Waals surface area contributed by atoms with Crippen molar-refractivity contribution in [2.45, 2.75) is 13.3 Å². The number of rotatable bonds is 7. The zero-order chi connectivity index (χ0) is 15.8. The lowest BCUT2D eigenvalue weighted by molar-refractivity contribution is 0.283. The molecular formula is C18H20Br2OSi. The number of halogens is 2. The topological polar surface area (TPSA) is 9.23 Å². The Hall–Kier alpha value is -0.683. The summed E-state index contributed by atoms with van der Waals surface area (Å²) in [5.74, 6) is 0.413. The smallest absolute Gasteiger partial charge is 0.239 e. The summed E-state index contributed by atoms with van der Waals surface area (Å²) in [5, 5.41) is 2.65. The van der Waals surface area contributed by atoms with E-state index in [1.165, 1.54) is 10.4 Å². The van der Waals surface area contributed by atoms with Crippen molar-refractivity contribution in [1.29, 1.82) is 0 Å². The first-order valence-corrected chi connectivity index (χ1v) is 10.7. The second kappa shape index (κ2) is 9.45. The van der Waals surface area contributed by atoms with Gasteiger partial charge in [-0.25, -0.2) is 0 Å². The summed E-state index contributed by atoms with van der Waals surface area (Å²) in [5.41, 5.74) is 0. The summed E-state index contributed by atoms with van der Waals surface area (Å²) < 4.78 is 7.41. The normalized spacial score (nSPS) is 12.2. The van der Waals surface area contributed by atoms with Crippen LogP contribution in [0.5, 0.6) is 0 Å². The monoisotopic (exact) mass is 438 g/mol. The van der Waals surface area contributed by atoms with Crippen molar-refractivity contribution in [2.75, 3.05) is 6.61 Å².